The first-order valence-electron chi connectivity index (χ1n) is 13.2. The molecule has 2 aromatic heterocycles. The molecule has 0 atom stereocenters. The summed E-state index contributed by atoms with van der Waals surface area (Å²) in [4.78, 5) is 12.9. The van der Waals surface area contributed by atoms with Crippen LogP contribution in [0.3, 0.4) is 0 Å². The van der Waals surface area contributed by atoms with Crippen molar-refractivity contribution in [1.82, 2.24) is 15.0 Å². The van der Waals surface area contributed by atoms with Crippen molar-refractivity contribution in [3.63, 3.8) is 0 Å². The molecular weight excluding hydrogens is 549 g/mol. The van der Waals surface area contributed by atoms with Gasteiger partial charge in [-0.3, -0.25) is 0 Å². The van der Waals surface area contributed by atoms with Crippen LogP contribution in [0.15, 0.2) is 120 Å². The van der Waals surface area contributed by atoms with Crippen LogP contribution in [0.2, 0.25) is 10.6 Å². The van der Waals surface area contributed by atoms with Crippen molar-refractivity contribution in [2.45, 2.75) is 0 Å². The van der Waals surface area contributed by atoms with Gasteiger partial charge in [-0.15, -0.1) is 0 Å². The third-order valence-electron chi connectivity index (χ3n) is 7.61. The second kappa shape index (κ2) is 9.41. The Morgan fingerprint density at radius 3 is 1.46 bits per heavy atom. The number of furan rings is 1. The van der Waals surface area contributed by atoms with Gasteiger partial charge in [-0.2, -0.15) is 15.0 Å². The van der Waals surface area contributed by atoms with Gasteiger partial charge >= 0.3 is 0 Å². The maximum Gasteiger partial charge on any atom is 0.227 e. The molecule has 0 N–H and O–H groups in total. The fourth-order valence-corrected chi connectivity index (χ4v) is 6.32. The second-order valence-corrected chi connectivity index (χ2v) is 10.5. The van der Waals surface area contributed by atoms with Gasteiger partial charge in [0.1, 0.15) is 11.2 Å². The molecule has 6 aromatic carbocycles. The molecule has 0 saturated heterocycles. The van der Waals surface area contributed by atoms with Gasteiger partial charge in [-0.05, 0) is 50.3 Å². The molecule has 0 fully saturated rings. The fourth-order valence-electron chi connectivity index (χ4n) is 5.96. The molecule has 2 heterocycles. The minimum absolute atomic E-state index is 0.0542. The zero-order valence-electron chi connectivity index (χ0n) is 21.5. The van der Waals surface area contributed by atoms with Crippen LogP contribution in [0.1, 0.15) is 0 Å². The average molecular weight is 568 g/mol. The predicted molar refractivity (Wildman–Crippen MR) is 168 cm³/mol. The summed E-state index contributed by atoms with van der Waals surface area (Å²) in [6, 6.07) is 39.6. The molecule has 194 valence electrons. The lowest BCUT2D eigenvalue weighted by Crippen LogP contribution is -1.97. The van der Waals surface area contributed by atoms with Crippen molar-refractivity contribution < 1.29 is 4.42 Å². The molecular formula is C35H19Cl2N3O. The Morgan fingerprint density at radius 2 is 0.878 bits per heavy atom. The van der Waals surface area contributed by atoms with Crippen molar-refractivity contribution in [2.24, 2.45) is 0 Å². The number of rotatable bonds is 3. The van der Waals surface area contributed by atoms with E-state index in [1.165, 1.54) is 0 Å². The summed E-state index contributed by atoms with van der Waals surface area (Å²) in [6.45, 7) is 0. The molecule has 0 aliphatic heterocycles. The van der Waals surface area contributed by atoms with E-state index in [1.54, 1.807) is 0 Å². The quantitative estimate of drug-likeness (QED) is 0.199. The first-order valence-corrected chi connectivity index (χ1v) is 13.9. The summed E-state index contributed by atoms with van der Waals surface area (Å²) in [7, 11) is 0. The number of para-hydroxylation sites is 2. The number of nitrogens with zero attached hydrogens (tertiary/aromatic N) is 3. The Bertz CT molecular complexity index is 2220. The van der Waals surface area contributed by atoms with Gasteiger partial charge in [0.25, 0.3) is 0 Å². The minimum Gasteiger partial charge on any atom is -0.455 e. The number of halogens is 2. The fraction of sp³-hybridized carbons (Fsp3) is 0. The maximum absolute atomic E-state index is 6.80. The molecule has 0 spiro atoms. The van der Waals surface area contributed by atoms with Crippen LogP contribution in [0.25, 0.3) is 77.1 Å². The molecule has 0 aliphatic carbocycles. The molecule has 4 nitrogen and oxygen atoms in total. The van der Waals surface area contributed by atoms with Crippen LogP contribution in [-0.4, -0.2) is 15.0 Å². The second-order valence-electron chi connectivity index (χ2n) is 9.87. The Hall–Kier alpha value is -4.77. The third-order valence-corrected chi connectivity index (χ3v) is 7.95. The molecule has 0 aliphatic rings. The Labute approximate surface area is 244 Å². The van der Waals surface area contributed by atoms with Gasteiger partial charge in [-0.1, -0.05) is 115 Å². The van der Waals surface area contributed by atoms with Gasteiger partial charge in [0.15, 0.2) is 5.82 Å². The van der Waals surface area contributed by atoms with Gasteiger partial charge in [0.05, 0.1) is 0 Å². The van der Waals surface area contributed by atoms with E-state index < -0.39 is 0 Å². The SMILES string of the molecule is Clc1nc(Cl)nc(-c2c3ccccc3c(-c3cccc4c3oc3c(-c5ccccc5)cccc34)c3ccccc23)n1. The summed E-state index contributed by atoms with van der Waals surface area (Å²) >= 11 is 12.5. The molecule has 8 rings (SSSR count). The van der Waals surface area contributed by atoms with Gasteiger partial charge in [-0.25, -0.2) is 0 Å². The summed E-state index contributed by atoms with van der Waals surface area (Å²) in [6.07, 6.45) is 0. The lowest BCUT2D eigenvalue weighted by atomic mass is 9.87. The molecule has 0 saturated carbocycles. The highest BCUT2D eigenvalue weighted by molar-refractivity contribution is 6.31. The van der Waals surface area contributed by atoms with Crippen LogP contribution < -0.4 is 0 Å². The van der Waals surface area contributed by atoms with Crippen molar-refractivity contribution in [1.29, 1.82) is 0 Å². The summed E-state index contributed by atoms with van der Waals surface area (Å²) in [5.74, 6) is 0.434. The highest BCUT2D eigenvalue weighted by Gasteiger charge is 2.22. The van der Waals surface area contributed by atoms with E-state index in [9.17, 15) is 0 Å². The monoisotopic (exact) mass is 567 g/mol. The van der Waals surface area contributed by atoms with Gasteiger partial charge < -0.3 is 4.42 Å². The van der Waals surface area contributed by atoms with Crippen LogP contribution in [0.4, 0.5) is 0 Å². The third kappa shape index (κ3) is 3.80. The standard InChI is InChI=1S/C35H19Cl2N3O/c36-34-38-33(39-35(37)40-34)30-24-14-6-4-12-22(24)29(23-13-5-7-15-25(23)30)28-19-9-18-27-26-17-8-16-21(31(26)41-32(27)28)20-10-2-1-3-11-20/h1-19H. The van der Waals surface area contributed by atoms with Crippen LogP contribution in [0, 0.1) is 0 Å². The van der Waals surface area contributed by atoms with E-state index in [1.807, 2.05) is 30.3 Å². The Kier molecular flexibility index (Phi) is 5.52. The van der Waals surface area contributed by atoms with Crippen LogP contribution >= 0.6 is 23.2 Å². The molecule has 6 heteroatoms. The lowest BCUT2D eigenvalue weighted by Gasteiger charge is -2.17. The average Bonchev–Trinajstić information content (AvgIpc) is 3.39. The highest BCUT2D eigenvalue weighted by Crippen LogP contribution is 2.46. The summed E-state index contributed by atoms with van der Waals surface area (Å²) in [5.41, 5.74) is 6.86. The van der Waals surface area contributed by atoms with E-state index in [4.69, 9.17) is 27.6 Å². The van der Waals surface area contributed by atoms with Crippen LogP contribution in [0.5, 0.6) is 0 Å². The highest BCUT2D eigenvalue weighted by atomic mass is 35.5. The topological polar surface area (TPSA) is 51.8 Å². The molecule has 0 radical (unpaired) electrons. The normalized spacial score (nSPS) is 11.7. The number of fused-ring (bicyclic) bond motifs is 5. The molecule has 0 unspecified atom stereocenters. The van der Waals surface area contributed by atoms with Gasteiger partial charge in [0, 0.05) is 33.0 Å². The van der Waals surface area contributed by atoms with Crippen molar-refractivity contribution in [2.75, 3.05) is 0 Å². The van der Waals surface area contributed by atoms with Gasteiger partial charge in [0.2, 0.25) is 10.6 Å². The number of aromatic nitrogens is 3. The van der Waals surface area contributed by atoms with Crippen LogP contribution in [-0.2, 0) is 0 Å². The first kappa shape index (κ1) is 24.1. The van der Waals surface area contributed by atoms with Crippen molar-refractivity contribution in [3.05, 3.63) is 126 Å². The number of hydrogen-bond acceptors (Lipinski definition) is 4. The maximum atomic E-state index is 6.80. The largest absolute Gasteiger partial charge is 0.455 e. The van der Waals surface area contributed by atoms with E-state index in [0.717, 1.165) is 71.3 Å². The summed E-state index contributed by atoms with van der Waals surface area (Å²) < 4.78 is 6.80. The molecule has 8 aromatic rings. The van der Waals surface area contributed by atoms with E-state index in [-0.39, 0.29) is 10.6 Å². The van der Waals surface area contributed by atoms with Crippen molar-refractivity contribution >= 4 is 66.7 Å². The van der Waals surface area contributed by atoms with E-state index in [0.29, 0.717) is 5.82 Å². The number of benzene rings is 6. The Balaban J connectivity index is 1.50. The van der Waals surface area contributed by atoms with E-state index in [2.05, 4.69) is 99.9 Å². The van der Waals surface area contributed by atoms with E-state index >= 15 is 0 Å². The molecule has 0 amide bonds. The molecule has 41 heavy (non-hydrogen) atoms. The zero-order chi connectivity index (χ0) is 27.5. The lowest BCUT2D eigenvalue weighted by molar-refractivity contribution is 0.671. The smallest absolute Gasteiger partial charge is 0.227 e. The Morgan fingerprint density at radius 1 is 0.415 bits per heavy atom. The number of hydrogen-bond donors (Lipinski definition) is 0. The minimum atomic E-state index is 0.0542. The predicted octanol–water partition coefficient (Wildman–Crippen LogP) is 10.4. The molecule has 0 bridgehead atoms. The summed E-state index contributed by atoms with van der Waals surface area (Å²) in [5, 5.41) is 6.33. The first-order chi connectivity index (χ1) is 20.2. The zero-order valence-corrected chi connectivity index (χ0v) is 23.0. The van der Waals surface area contributed by atoms with Crippen molar-refractivity contribution in [3.8, 4) is 33.6 Å².